The predicted octanol–water partition coefficient (Wildman–Crippen LogP) is 4.10. The van der Waals surface area contributed by atoms with E-state index in [1.54, 1.807) is 30.3 Å². The molecule has 0 fully saturated rings. The first-order valence-electron chi connectivity index (χ1n) is 12.3. The number of carbonyl (C=O) groups excluding carboxylic acids is 1. The standard InChI is InChI=1S/C27H23BrFN9O4/c1-40-22-12-16(11-19(28)24(22)41-15-17-7-5-6-10-20(17)29)13-32-34-27(39)23-21(14-31-18-8-3-2-4-9-18)38(37-33-23)26-25(30)35-42-36-26/h2-13,31H,14-15H2,1H3,(H2,30,35)(H,34,39)/b32-13+. The Morgan fingerprint density at radius 1 is 1.17 bits per heavy atom. The van der Waals surface area contributed by atoms with Gasteiger partial charge in [-0.1, -0.05) is 41.6 Å². The van der Waals surface area contributed by atoms with Crippen LogP contribution in [-0.2, 0) is 13.2 Å². The minimum Gasteiger partial charge on any atom is -0.493 e. The predicted molar refractivity (Wildman–Crippen MR) is 154 cm³/mol. The van der Waals surface area contributed by atoms with E-state index in [4.69, 9.17) is 15.2 Å². The third kappa shape index (κ3) is 6.36. The Bertz CT molecular complexity index is 1730. The number of hydrogen-bond acceptors (Lipinski definition) is 11. The largest absolute Gasteiger partial charge is 0.493 e. The molecule has 0 saturated carbocycles. The third-order valence-corrected chi connectivity index (χ3v) is 6.46. The molecule has 4 N–H and O–H groups in total. The smallest absolute Gasteiger partial charge is 0.293 e. The quantitative estimate of drug-likeness (QED) is 0.142. The van der Waals surface area contributed by atoms with Gasteiger partial charge in [0, 0.05) is 11.3 Å². The number of nitrogens with one attached hydrogen (secondary N) is 2. The molecule has 0 saturated heterocycles. The van der Waals surface area contributed by atoms with E-state index in [1.165, 1.54) is 24.1 Å². The number of nitrogens with two attached hydrogens (primary N) is 1. The fourth-order valence-electron chi connectivity index (χ4n) is 3.82. The van der Waals surface area contributed by atoms with Gasteiger partial charge in [-0.3, -0.25) is 4.79 Å². The number of nitrogens with zero attached hydrogens (tertiary/aromatic N) is 6. The number of aromatic nitrogens is 5. The first-order chi connectivity index (χ1) is 20.4. The number of rotatable bonds is 11. The molecule has 0 aliphatic heterocycles. The highest BCUT2D eigenvalue weighted by Gasteiger charge is 2.24. The molecule has 0 spiro atoms. The Morgan fingerprint density at radius 2 is 1.95 bits per heavy atom. The third-order valence-electron chi connectivity index (χ3n) is 5.87. The number of hydrazone groups is 1. The van der Waals surface area contributed by atoms with Crippen molar-refractivity contribution in [1.29, 1.82) is 0 Å². The van der Waals surface area contributed by atoms with E-state index in [-0.39, 0.29) is 36.3 Å². The van der Waals surface area contributed by atoms with E-state index >= 15 is 0 Å². The summed E-state index contributed by atoms with van der Waals surface area (Å²) in [6, 6.07) is 19.1. The van der Waals surface area contributed by atoms with Gasteiger partial charge in [0.25, 0.3) is 5.91 Å². The van der Waals surface area contributed by atoms with Gasteiger partial charge in [0.1, 0.15) is 12.4 Å². The topological polar surface area (TPSA) is 168 Å². The number of para-hydroxylation sites is 1. The van der Waals surface area contributed by atoms with Crippen LogP contribution in [0.25, 0.3) is 5.82 Å². The van der Waals surface area contributed by atoms with Crippen molar-refractivity contribution in [2.45, 2.75) is 13.2 Å². The minimum absolute atomic E-state index is 0.00330. The molecule has 5 aromatic rings. The molecule has 2 heterocycles. The molecule has 42 heavy (non-hydrogen) atoms. The van der Waals surface area contributed by atoms with Gasteiger partial charge in [-0.2, -0.15) is 9.78 Å². The van der Waals surface area contributed by atoms with Gasteiger partial charge in [-0.15, -0.1) is 5.10 Å². The lowest BCUT2D eigenvalue weighted by Gasteiger charge is -2.14. The van der Waals surface area contributed by atoms with Crippen molar-refractivity contribution in [2.75, 3.05) is 18.2 Å². The number of ether oxygens (including phenoxy) is 2. The van der Waals surface area contributed by atoms with Gasteiger partial charge in [0.05, 0.1) is 30.0 Å². The molecule has 0 atom stereocenters. The molecule has 214 valence electrons. The van der Waals surface area contributed by atoms with E-state index in [9.17, 15) is 9.18 Å². The van der Waals surface area contributed by atoms with Crippen LogP contribution in [0.5, 0.6) is 11.5 Å². The highest BCUT2D eigenvalue weighted by molar-refractivity contribution is 9.10. The van der Waals surface area contributed by atoms with Crippen LogP contribution in [0.3, 0.4) is 0 Å². The maximum Gasteiger partial charge on any atom is 0.293 e. The van der Waals surface area contributed by atoms with Crippen LogP contribution in [0.1, 0.15) is 27.3 Å². The molecule has 15 heteroatoms. The highest BCUT2D eigenvalue weighted by atomic mass is 79.9. The zero-order valence-corrected chi connectivity index (χ0v) is 23.6. The molecule has 0 radical (unpaired) electrons. The lowest BCUT2D eigenvalue weighted by molar-refractivity contribution is 0.0949. The normalized spacial score (nSPS) is 11.0. The summed E-state index contributed by atoms with van der Waals surface area (Å²) in [5.41, 5.74) is 10.4. The van der Waals surface area contributed by atoms with Gasteiger partial charge in [0.2, 0.25) is 11.6 Å². The number of amides is 1. The van der Waals surface area contributed by atoms with Crippen molar-refractivity contribution >= 4 is 39.6 Å². The summed E-state index contributed by atoms with van der Waals surface area (Å²) in [7, 11) is 1.48. The number of methoxy groups -OCH3 is 1. The summed E-state index contributed by atoms with van der Waals surface area (Å²) < 4.78 is 31.8. The second-order valence-corrected chi connectivity index (χ2v) is 9.46. The van der Waals surface area contributed by atoms with Crippen LogP contribution in [0.4, 0.5) is 15.9 Å². The van der Waals surface area contributed by atoms with Gasteiger partial charge in [0.15, 0.2) is 17.2 Å². The number of benzene rings is 3. The first-order valence-corrected chi connectivity index (χ1v) is 13.1. The van der Waals surface area contributed by atoms with Crippen LogP contribution in [0, 0.1) is 5.82 Å². The van der Waals surface area contributed by atoms with Crippen molar-refractivity contribution in [2.24, 2.45) is 5.10 Å². The molecule has 0 unspecified atom stereocenters. The second-order valence-electron chi connectivity index (χ2n) is 8.60. The van der Waals surface area contributed by atoms with Crippen molar-refractivity contribution in [3.8, 4) is 17.3 Å². The van der Waals surface area contributed by atoms with Crippen LogP contribution < -0.4 is 25.9 Å². The van der Waals surface area contributed by atoms with E-state index in [0.717, 1.165) is 5.69 Å². The van der Waals surface area contributed by atoms with Crippen molar-refractivity contribution in [3.63, 3.8) is 0 Å². The number of anilines is 2. The van der Waals surface area contributed by atoms with Gasteiger partial charge in [-0.05, 0) is 62.1 Å². The zero-order chi connectivity index (χ0) is 29.5. The Kier molecular flexibility index (Phi) is 8.67. The minimum atomic E-state index is -0.631. The molecule has 0 aliphatic rings. The Morgan fingerprint density at radius 3 is 2.69 bits per heavy atom. The Hall–Kier alpha value is -5.31. The molecule has 0 aliphatic carbocycles. The molecule has 3 aromatic carbocycles. The van der Waals surface area contributed by atoms with Crippen molar-refractivity contribution in [1.82, 2.24) is 30.7 Å². The molecular weight excluding hydrogens is 613 g/mol. The summed E-state index contributed by atoms with van der Waals surface area (Å²) in [6.07, 6.45) is 1.41. The van der Waals surface area contributed by atoms with Crippen molar-refractivity contribution in [3.05, 3.63) is 99.5 Å². The fourth-order valence-corrected chi connectivity index (χ4v) is 4.40. The summed E-state index contributed by atoms with van der Waals surface area (Å²) >= 11 is 3.46. The summed E-state index contributed by atoms with van der Waals surface area (Å²) in [4.78, 5) is 13.1. The van der Waals surface area contributed by atoms with E-state index in [0.29, 0.717) is 32.8 Å². The summed E-state index contributed by atoms with van der Waals surface area (Å²) in [5, 5.41) is 22.6. The van der Waals surface area contributed by atoms with Gasteiger partial charge >= 0.3 is 0 Å². The molecule has 0 bridgehead atoms. The monoisotopic (exact) mass is 635 g/mol. The average molecular weight is 636 g/mol. The van der Waals surface area contributed by atoms with Crippen LogP contribution >= 0.6 is 15.9 Å². The van der Waals surface area contributed by atoms with Crippen LogP contribution in [0.2, 0.25) is 0 Å². The maximum atomic E-state index is 14.0. The molecular formula is C27H23BrFN9O4. The zero-order valence-electron chi connectivity index (χ0n) is 22.0. The van der Waals surface area contributed by atoms with E-state index in [1.807, 2.05) is 30.3 Å². The SMILES string of the molecule is COc1cc(/C=N/NC(=O)c2nnn(-c3nonc3N)c2CNc2ccccc2)cc(Br)c1OCc1ccccc1F. The fraction of sp³-hybridized carbons (Fsp3) is 0.111. The molecule has 13 nitrogen and oxygen atoms in total. The Balaban J connectivity index is 1.32. The van der Waals surface area contributed by atoms with Gasteiger partial charge < -0.3 is 20.5 Å². The average Bonchev–Trinajstić information content (AvgIpc) is 3.62. The molecule has 1 amide bonds. The van der Waals surface area contributed by atoms with Crippen molar-refractivity contribution < 1.29 is 23.3 Å². The number of nitrogen functional groups attached to an aromatic ring is 1. The maximum absolute atomic E-state index is 14.0. The van der Waals surface area contributed by atoms with Gasteiger partial charge in [-0.25, -0.2) is 14.4 Å². The summed E-state index contributed by atoms with van der Waals surface area (Å²) in [6.45, 7) is 0.150. The lowest BCUT2D eigenvalue weighted by atomic mass is 10.2. The number of hydrogen-bond donors (Lipinski definition) is 3. The molecule has 2 aromatic heterocycles. The van der Waals surface area contributed by atoms with Crippen LogP contribution in [-0.4, -0.2) is 44.5 Å². The molecule has 5 rings (SSSR count). The summed E-state index contributed by atoms with van der Waals surface area (Å²) in [5.74, 6) is -0.170. The Labute approximate surface area is 246 Å². The van der Waals surface area contributed by atoms with Crippen LogP contribution in [0.15, 0.2) is 80.9 Å². The highest BCUT2D eigenvalue weighted by Crippen LogP contribution is 2.37. The first kappa shape index (κ1) is 28.2. The second kappa shape index (κ2) is 12.9. The number of carbonyl (C=O) groups is 1. The number of halogens is 2. The van der Waals surface area contributed by atoms with E-state index in [2.05, 4.69) is 57.0 Å². The van der Waals surface area contributed by atoms with E-state index < -0.39 is 5.91 Å². The lowest BCUT2D eigenvalue weighted by Crippen LogP contribution is -2.21.